The number of hydrogen-bond donors (Lipinski definition) is 3. The average molecular weight is 707 g/mol. The highest BCUT2D eigenvalue weighted by molar-refractivity contribution is 5.91. The Morgan fingerprint density at radius 1 is 0.918 bits per heavy atom. The number of rotatable bonds is 7. The Hall–Kier alpha value is -4.61. The van der Waals surface area contributed by atoms with Gasteiger partial charge in [0.2, 0.25) is 0 Å². The second-order valence-electron chi connectivity index (χ2n) is 11.1. The molecule has 2 heterocycles. The number of alkyl halides is 9. The number of nitrogens with two attached hydrogens (primary N) is 1. The molecule has 0 fully saturated rings. The molecule has 3 aromatic rings. The van der Waals surface area contributed by atoms with Gasteiger partial charge in [-0.3, -0.25) is 4.90 Å². The van der Waals surface area contributed by atoms with E-state index in [0.717, 1.165) is 29.3 Å². The molecule has 9 nitrogen and oxygen atoms in total. The predicted octanol–water partition coefficient (Wildman–Crippen LogP) is 6.77. The summed E-state index contributed by atoms with van der Waals surface area (Å²) in [4.78, 5) is 34.9. The fourth-order valence-corrected chi connectivity index (χ4v) is 5.66. The zero-order valence-electron chi connectivity index (χ0n) is 26.1. The molecule has 3 unspecified atom stereocenters. The van der Waals surface area contributed by atoms with Crippen molar-refractivity contribution in [3.8, 4) is 0 Å². The van der Waals surface area contributed by atoms with Gasteiger partial charge < -0.3 is 21.1 Å². The molecule has 49 heavy (non-hydrogen) atoms. The van der Waals surface area contributed by atoms with E-state index in [1.807, 2.05) is 0 Å². The number of hydrogen-bond acceptors (Lipinski definition) is 6. The number of amides is 3. The van der Waals surface area contributed by atoms with Crippen LogP contribution in [-0.2, 0) is 36.2 Å². The lowest BCUT2D eigenvalue weighted by Gasteiger charge is -2.44. The van der Waals surface area contributed by atoms with Gasteiger partial charge in [0.05, 0.1) is 46.6 Å². The van der Waals surface area contributed by atoms with Crippen LogP contribution in [0.1, 0.15) is 71.1 Å². The third-order valence-electron chi connectivity index (χ3n) is 7.93. The van der Waals surface area contributed by atoms with Gasteiger partial charge in [0, 0.05) is 37.8 Å². The van der Waals surface area contributed by atoms with E-state index in [1.165, 1.54) is 14.0 Å². The van der Waals surface area contributed by atoms with E-state index in [2.05, 4.69) is 20.6 Å². The molecule has 0 radical (unpaired) electrons. The molecule has 0 saturated carbocycles. The molecule has 1 aliphatic rings. The third kappa shape index (κ3) is 8.17. The van der Waals surface area contributed by atoms with Gasteiger partial charge in [-0.05, 0) is 60.9 Å². The molecule has 18 heteroatoms. The standard InChI is InChI=1S/C31H31F9N6O3/c1-4-22-25(41)24(20-12-17(29(32,33)34)6-7-23(20)46(22)28(48)49-5-2)26-43-13-16(14-44-27(47)42-3)21(45-26)10-15-8-18(30(35,36)37)11-19(9-15)31(38,39)40/h6-9,11-13,22,24-25H,4-5,10,14,41H2,1-3H3,(H2,42,44,47). The minimum atomic E-state index is -5.13. The van der Waals surface area contributed by atoms with Crippen LogP contribution in [0.2, 0.25) is 0 Å². The van der Waals surface area contributed by atoms with E-state index in [4.69, 9.17) is 10.5 Å². The van der Waals surface area contributed by atoms with Gasteiger partial charge >= 0.3 is 30.7 Å². The van der Waals surface area contributed by atoms with Crippen LogP contribution in [-0.4, -0.2) is 47.8 Å². The Bertz CT molecular complexity index is 1660. The molecule has 0 bridgehead atoms. The summed E-state index contributed by atoms with van der Waals surface area (Å²) < 4.78 is 129. The molecule has 4 N–H and O–H groups in total. The quantitative estimate of drug-likeness (QED) is 0.233. The molecule has 0 spiro atoms. The van der Waals surface area contributed by atoms with E-state index in [1.54, 1.807) is 6.92 Å². The van der Waals surface area contributed by atoms with Crippen LogP contribution in [0.5, 0.6) is 0 Å². The van der Waals surface area contributed by atoms with Crippen molar-refractivity contribution in [1.29, 1.82) is 0 Å². The minimum Gasteiger partial charge on any atom is -0.449 e. The van der Waals surface area contributed by atoms with Crippen molar-refractivity contribution in [1.82, 2.24) is 20.6 Å². The van der Waals surface area contributed by atoms with Crippen molar-refractivity contribution in [3.05, 3.63) is 87.5 Å². The first-order valence-electron chi connectivity index (χ1n) is 14.8. The van der Waals surface area contributed by atoms with E-state index in [9.17, 15) is 49.1 Å². The van der Waals surface area contributed by atoms with Gasteiger partial charge in [-0.1, -0.05) is 6.92 Å². The highest BCUT2D eigenvalue weighted by Gasteiger charge is 2.45. The average Bonchev–Trinajstić information content (AvgIpc) is 3.01. The molecule has 0 aliphatic carbocycles. The summed E-state index contributed by atoms with van der Waals surface area (Å²) in [6.45, 7) is 2.84. The number of carbonyl (C=O) groups excluding carboxylic acids is 2. The van der Waals surface area contributed by atoms with Crippen LogP contribution < -0.4 is 21.3 Å². The van der Waals surface area contributed by atoms with Crippen molar-refractivity contribution < 1.29 is 53.8 Å². The number of ether oxygens (including phenoxy) is 1. The first-order valence-corrected chi connectivity index (χ1v) is 14.8. The van der Waals surface area contributed by atoms with Crippen molar-refractivity contribution in [2.24, 2.45) is 5.73 Å². The zero-order valence-corrected chi connectivity index (χ0v) is 26.1. The summed E-state index contributed by atoms with van der Waals surface area (Å²) in [5.74, 6) is -1.45. The SMILES string of the molecule is CCOC(=O)N1c2ccc(C(F)(F)F)cc2C(c2ncc(CNC(=O)NC)c(Cc3cc(C(F)(F)F)cc(C(F)(F)F)c3)n2)C(N)C1CC. The Labute approximate surface area is 274 Å². The number of anilines is 1. The number of fused-ring (bicyclic) bond motifs is 1. The van der Waals surface area contributed by atoms with Crippen LogP contribution in [0.3, 0.4) is 0 Å². The lowest BCUT2D eigenvalue weighted by Crippen LogP contribution is -2.57. The molecule has 1 aliphatic heterocycles. The summed E-state index contributed by atoms with van der Waals surface area (Å²) in [5, 5.41) is 4.73. The number of carbonyl (C=O) groups is 2. The fourth-order valence-electron chi connectivity index (χ4n) is 5.66. The molecule has 2 aromatic carbocycles. The van der Waals surface area contributed by atoms with Crippen LogP contribution in [0, 0.1) is 0 Å². The van der Waals surface area contributed by atoms with Crippen molar-refractivity contribution in [2.45, 2.75) is 69.8 Å². The second-order valence-corrected chi connectivity index (χ2v) is 11.1. The molecular weight excluding hydrogens is 675 g/mol. The minimum absolute atomic E-state index is 0.0215. The number of urea groups is 1. The highest BCUT2D eigenvalue weighted by atomic mass is 19.4. The first-order chi connectivity index (χ1) is 22.8. The van der Waals surface area contributed by atoms with Crippen molar-refractivity contribution in [3.63, 3.8) is 0 Å². The van der Waals surface area contributed by atoms with Crippen LogP contribution >= 0.6 is 0 Å². The van der Waals surface area contributed by atoms with Crippen LogP contribution in [0.25, 0.3) is 0 Å². The normalized spacial score (nSPS) is 18.1. The van der Waals surface area contributed by atoms with Gasteiger partial charge in [-0.15, -0.1) is 0 Å². The number of halogens is 9. The first kappa shape index (κ1) is 37.2. The third-order valence-corrected chi connectivity index (χ3v) is 7.93. The molecule has 1 aromatic heterocycles. The lowest BCUT2D eigenvalue weighted by atomic mass is 9.79. The van der Waals surface area contributed by atoms with Gasteiger partial charge in [0.25, 0.3) is 0 Å². The second kappa shape index (κ2) is 14.1. The number of nitrogens with one attached hydrogen (secondary N) is 2. The summed E-state index contributed by atoms with van der Waals surface area (Å²) in [5.41, 5.74) is 1.84. The van der Waals surface area contributed by atoms with E-state index in [-0.39, 0.29) is 54.0 Å². The van der Waals surface area contributed by atoms with E-state index < -0.39 is 77.3 Å². The Kier molecular flexibility index (Phi) is 10.7. The van der Waals surface area contributed by atoms with E-state index >= 15 is 0 Å². The Morgan fingerprint density at radius 2 is 1.53 bits per heavy atom. The van der Waals surface area contributed by atoms with Crippen LogP contribution in [0.15, 0.2) is 42.6 Å². The number of benzene rings is 2. The molecule has 0 saturated heterocycles. The summed E-state index contributed by atoms with van der Waals surface area (Å²) in [6, 6.07) is 0.970. The van der Waals surface area contributed by atoms with Gasteiger partial charge in [-0.2, -0.15) is 39.5 Å². The summed E-state index contributed by atoms with van der Waals surface area (Å²) >= 11 is 0. The molecule has 4 rings (SSSR count). The highest BCUT2D eigenvalue weighted by Crippen LogP contribution is 2.45. The maximum Gasteiger partial charge on any atom is 0.416 e. The van der Waals surface area contributed by atoms with Crippen molar-refractivity contribution in [2.75, 3.05) is 18.6 Å². The topological polar surface area (TPSA) is 122 Å². The van der Waals surface area contributed by atoms with Crippen LogP contribution in [0.4, 0.5) is 54.8 Å². The predicted molar refractivity (Wildman–Crippen MR) is 157 cm³/mol. The largest absolute Gasteiger partial charge is 0.449 e. The molecular formula is C31H31F9N6O3. The monoisotopic (exact) mass is 706 g/mol. The summed E-state index contributed by atoms with van der Waals surface area (Å²) in [7, 11) is 1.30. The smallest absolute Gasteiger partial charge is 0.416 e. The number of aromatic nitrogens is 2. The lowest BCUT2D eigenvalue weighted by molar-refractivity contribution is -0.143. The van der Waals surface area contributed by atoms with E-state index in [0.29, 0.717) is 12.1 Å². The maximum atomic E-state index is 13.9. The number of nitrogens with zero attached hydrogens (tertiary/aromatic N) is 3. The van der Waals surface area contributed by atoms with Crippen molar-refractivity contribution >= 4 is 17.8 Å². The molecule has 266 valence electrons. The zero-order chi connectivity index (χ0) is 36.5. The van der Waals surface area contributed by atoms with Gasteiger partial charge in [-0.25, -0.2) is 19.6 Å². The maximum absolute atomic E-state index is 13.9. The molecule has 3 amide bonds. The molecule has 3 atom stereocenters. The Morgan fingerprint density at radius 3 is 2.06 bits per heavy atom. The fraction of sp³-hybridized carbons (Fsp3) is 0.419. The van der Waals surface area contributed by atoms with Gasteiger partial charge in [0.15, 0.2) is 0 Å². The van der Waals surface area contributed by atoms with Gasteiger partial charge in [0.1, 0.15) is 5.82 Å². The summed E-state index contributed by atoms with van der Waals surface area (Å²) in [6.07, 6.45) is -15.2. The Balaban J connectivity index is 1.94.